The molecular weight excluding hydrogens is 515 g/mol. The topological polar surface area (TPSA) is 93.0 Å². The molecule has 0 spiro atoms. The van der Waals surface area contributed by atoms with Crippen molar-refractivity contribution in [2.45, 2.75) is 6.04 Å². The first-order valence-electron chi connectivity index (χ1n) is 10.7. The third kappa shape index (κ3) is 4.48. The van der Waals surface area contributed by atoms with E-state index in [-0.39, 0.29) is 12.2 Å². The van der Waals surface area contributed by atoms with Gasteiger partial charge in [-0.1, -0.05) is 22.0 Å². The molecular formula is C26H20BrFN4O3. The fourth-order valence-corrected chi connectivity index (χ4v) is 4.61. The number of nitrogens with one attached hydrogen (secondary N) is 1. The van der Waals surface area contributed by atoms with Gasteiger partial charge in [0, 0.05) is 39.9 Å². The molecule has 5 rings (SSSR count). The molecule has 1 unspecified atom stereocenters. The highest BCUT2D eigenvalue weighted by molar-refractivity contribution is 9.10. The van der Waals surface area contributed by atoms with Crippen molar-refractivity contribution in [1.82, 2.24) is 19.7 Å². The molecule has 0 radical (unpaired) electrons. The van der Waals surface area contributed by atoms with E-state index in [1.54, 1.807) is 31.6 Å². The lowest BCUT2D eigenvalue weighted by Crippen LogP contribution is -2.27. The van der Waals surface area contributed by atoms with E-state index in [2.05, 4.69) is 31.1 Å². The number of aromatic amines is 1. The number of hydrogen-bond acceptors (Lipinski definition) is 5. The van der Waals surface area contributed by atoms with Crippen LogP contribution in [0.4, 0.5) is 4.39 Å². The van der Waals surface area contributed by atoms with E-state index in [1.807, 2.05) is 30.3 Å². The second-order valence-corrected chi connectivity index (χ2v) is 8.90. The van der Waals surface area contributed by atoms with Crippen molar-refractivity contribution in [3.8, 4) is 28.3 Å². The van der Waals surface area contributed by atoms with Gasteiger partial charge in [-0.25, -0.2) is 9.37 Å². The lowest BCUT2D eigenvalue weighted by Gasteiger charge is -2.19. The van der Waals surface area contributed by atoms with Crippen LogP contribution >= 0.6 is 15.9 Å². The second kappa shape index (κ2) is 9.44. The van der Waals surface area contributed by atoms with Crippen molar-refractivity contribution in [3.05, 3.63) is 99.3 Å². The number of pyridine rings is 2. The van der Waals surface area contributed by atoms with Crippen molar-refractivity contribution in [2.75, 3.05) is 13.7 Å². The zero-order chi connectivity index (χ0) is 24.5. The Bertz CT molecular complexity index is 1580. The van der Waals surface area contributed by atoms with E-state index >= 15 is 0 Å². The molecule has 2 aromatic carbocycles. The number of nitrogens with zero attached hydrogens (tertiary/aromatic N) is 3. The van der Waals surface area contributed by atoms with Gasteiger partial charge in [-0.2, -0.15) is 5.10 Å². The summed E-state index contributed by atoms with van der Waals surface area (Å²) in [6, 6.07) is 16.4. The lowest BCUT2D eigenvalue weighted by atomic mass is 10.0. The Hall–Kier alpha value is -3.82. The van der Waals surface area contributed by atoms with Crippen LogP contribution in [0.3, 0.4) is 0 Å². The normalized spacial score (nSPS) is 12.1. The number of benzene rings is 2. The van der Waals surface area contributed by atoms with E-state index in [0.717, 1.165) is 27.7 Å². The quantitative estimate of drug-likeness (QED) is 0.321. The largest absolute Gasteiger partial charge is 0.481 e. The summed E-state index contributed by atoms with van der Waals surface area (Å²) in [5.74, 6) is 0.0377. The van der Waals surface area contributed by atoms with Crippen molar-refractivity contribution < 1.29 is 14.2 Å². The highest BCUT2D eigenvalue weighted by atomic mass is 79.9. The van der Waals surface area contributed by atoms with Crippen molar-refractivity contribution in [1.29, 1.82) is 0 Å². The zero-order valence-electron chi connectivity index (χ0n) is 18.6. The Balaban J connectivity index is 1.54. The van der Waals surface area contributed by atoms with E-state index in [0.29, 0.717) is 21.5 Å². The van der Waals surface area contributed by atoms with Gasteiger partial charge in [-0.15, -0.1) is 0 Å². The number of aromatic nitrogens is 4. The first kappa shape index (κ1) is 22.9. The van der Waals surface area contributed by atoms with Gasteiger partial charge in [0.05, 0.1) is 25.3 Å². The van der Waals surface area contributed by atoms with Crippen LogP contribution in [0, 0.1) is 5.82 Å². The maximum Gasteiger partial charge on any atom is 0.251 e. The molecule has 5 aromatic rings. The van der Waals surface area contributed by atoms with Gasteiger partial charge < -0.3 is 14.4 Å². The predicted octanol–water partition coefficient (Wildman–Crippen LogP) is 4.95. The van der Waals surface area contributed by atoms with Gasteiger partial charge in [0.2, 0.25) is 5.88 Å². The van der Waals surface area contributed by atoms with Crippen LogP contribution in [0.25, 0.3) is 33.3 Å². The molecule has 0 aliphatic carbocycles. The third-order valence-corrected chi connectivity index (χ3v) is 6.30. The molecule has 176 valence electrons. The maximum atomic E-state index is 13.9. The first-order valence-corrected chi connectivity index (χ1v) is 11.5. The Labute approximate surface area is 208 Å². The van der Waals surface area contributed by atoms with Crippen molar-refractivity contribution in [3.63, 3.8) is 0 Å². The van der Waals surface area contributed by atoms with Gasteiger partial charge in [0.15, 0.2) is 0 Å². The van der Waals surface area contributed by atoms with Crippen LogP contribution in [-0.2, 0) is 0 Å². The monoisotopic (exact) mass is 534 g/mol. The molecule has 0 aliphatic rings. The van der Waals surface area contributed by atoms with E-state index < -0.39 is 11.9 Å². The minimum atomic E-state index is -0.715. The van der Waals surface area contributed by atoms with Crippen molar-refractivity contribution in [2.24, 2.45) is 0 Å². The van der Waals surface area contributed by atoms with Crippen LogP contribution in [0.15, 0.2) is 82.3 Å². The Kier molecular flexibility index (Phi) is 6.19. The van der Waals surface area contributed by atoms with Crippen LogP contribution < -0.4 is 10.3 Å². The number of methoxy groups -OCH3 is 1. The molecule has 0 saturated heterocycles. The summed E-state index contributed by atoms with van der Waals surface area (Å²) in [6.45, 7) is -0.352. The molecule has 0 bridgehead atoms. The van der Waals surface area contributed by atoms with E-state index in [4.69, 9.17) is 4.74 Å². The molecule has 35 heavy (non-hydrogen) atoms. The molecule has 0 amide bonds. The molecule has 1 atom stereocenters. The summed E-state index contributed by atoms with van der Waals surface area (Å²) < 4.78 is 21.1. The summed E-state index contributed by atoms with van der Waals surface area (Å²) in [5, 5.41) is 18.3. The van der Waals surface area contributed by atoms with Crippen molar-refractivity contribution >= 4 is 26.8 Å². The van der Waals surface area contributed by atoms with Gasteiger partial charge in [-0.3, -0.25) is 9.89 Å². The summed E-state index contributed by atoms with van der Waals surface area (Å²) in [4.78, 5) is 17.2. The number of H-pyrrole nitrogens is 1. The Morgan fingerprint density at radius 3 is 2.66 bits per heavy atom. The first-order chi connectivity index (χ1) is 17.0. The van der Waals surface area contributed by atoms with Crippen LogP contribution in [0.5, 0.6) is 5.88 Å². The van der Waals surface area contributed by atoms with Gasteiger partial charge in [0.1, 0.15) is 11.5 Å². The second-order valence-electron chi connectivity index (χ2n) is 7.98. The number of aliphatic hydroxyl groups excluding tert-OH is 1. The zero-order valence-corrected chi connectivity index (χ0v) is 20.2. The lowest BCUT2D eigenvalue weighted by molar-refractivity contribution is 0.246. The highest BCUT2D eigenvalue weighted by Crippen LogP contribution is 2.31. The fraction of sp³-hybridized carbons (Fsp3) is 0.115. The SMILES string of the molecule is COc1cc(-c2n[nH]c3ccc(-c4ccn(C(CO)c5cc(F)cc(Br)c5)c(=O)c4)cc23)ccn1. The average molecular weight is 535 g/mol. The number of fused-ring (bicyclic) bond motifs is 1. The van der Waals surface area contributed by atoms with E-state index in [9.17, 15) is 14.3 Å². The minimum Gasteiger partial charge on any atom is -0.481 e. The summed E-state index contributed by atoms with van der Waals surface area (Å²) in [7, 11) is 1.56. The minimum absolute atomic E-state index is 0.312. The molecule has 3 heterocycles. The number of hydrogen-bond donors (Lipinski definition) is 2. The van der Waals surface area contributed by atoms with Gasteiger partial charge >= 0.3 is 0 Å². The highest BCUT2D eigenvalue weighted by Gasteiger charge is 2.17. The fourth-order valence-electron chi connectivity index (χ4n) is 4.13. The number of halogens is 2. The molecule has 9 heteroatoms. The molecule has 0 saturated carbocycles. The predicted molar refractivity (Wildman–Crippen MR) is 135 cm³/mol. The Morgan fingerprint density at radius 2 is 1.91 bits per heavy atom. The number of rotatable bonds is 6. The van der Waals surface area contributed by atoms with E-state index in [1.165, 1.54) is 22.8 Å². The molecule has 2 N–H and O–H groups in total. The summed E-state index contributed by atoms with van der Waals surface area (Å²) in [5.41, 5.74) is 4.17. The molecule has 7 nitrogen and oxygen atoms in total. The summed E-state index contributed by atoms with van der Waals surface area (Å²) >= 11 is 3.26. The molecule has 3 aromatic heterocycles. The standard InChI is InChI=1S/C26H20BrFN4O3/c1-35-24-11-17(4-6-29-24)26-21-10-15(2-3-22(21)30-31-26)16-5-7-32(25(34)12-16)23(14-33)18-8-19(27)13-20(28)9-18/h2-13,23,33H,14H2,1H3,(H,30,31). The summed E-state index contributed by atoms with van der Waals surface area (Å²) in [6.07, 6.45) is 3.28. The number of ether oxygens (including phenoxy) is 1. The average Bonchev–Trinajstić information content (AvgIpc) is 3.28. The van der Waals surface area contributed by atoms with Crippen LogP contribution in [0.2, 0.25) is 0 Å². The van der Waals surface area contributed by atoms with Gasteiger partial charge in [-0.05, 0) is 59.2 Å². The molecule has 0 aliphatic heterocycles. The van der Waals surface area contributed by atoms with Gasteiger partial charge in [0.25, 0.3) is 5.56 Å². The Morgan fingerprint density at radius 1 is 1.09 bits per heavy atom. The van der Waals surface area contributed by atoms with Crippen LogP contribution in [0.1, 0.15) is 11.6 Å². The third-order valence-electron chi connectivity index (χ3n) is 5.84. The maximum absolute atomic E-state index is 13.9. The smallest absolute Gasteiger partial charge is 0.251 e. The number of aliphatic hydroxyl groups is 1. The molecule has 0 fully saturated rings. The van der Waals surface area contributed by atoms with Crippen LogP contribution in [-0.4, -0.2) is 38.6 Å².